The van der Waals surface area contributed by atoms with Gasteiger partial charge in [0.15, 0.2) is 0 Å². The molecule has 1 aromatic rings. The fourth-order valence-electron chi connectivity index (χ4n) is 3.24. The van der Waals surface area contributed by atoms with Crippen molar-refractivity contribution in [2.75, 3.05) is 23.7 Å². The zero-order valence-electron chi connectivity index (χ0n) is 11.0. The van der Waals surface area contributed by atoms with Crippen LogP contribution in [0.2, 0.25) is 0 Å². The van der Waals surface area contributed by atoms with Gasteiger partial charge in [0.05, 0.1) is 5.69 Å². The van der Waals surface area contributed by atoms with Gasteiger partial charge in [-0.05, 0) is 37.4 Å². The normalized spacial score (nSPS) is 26.3. The number of anilines is 1. The number of thioether (sulfide) groups is 1. The molecule has 0 radical (unpaired) electrons. The summed E-state index contributed by atoms with van der Waals surface area (Å²) in [7, 11) is 0. The maximum absolute atomic E-state index is 12.8. The molecule has 0 saturated heterocycles. The Labute approximate surface area is 118 Å². The number of rotatable bonds is 2. The van der Waals surface area contributed by atoms with Crippen molar-refractivity contribution in [1.29, 1.82) is 0 Å². The number of hydrogen-bond acceptors (Lipinski definition) is 3. The van der Waals surface area contributed by atoms with E-state index in [1.54, 1.807) is 0 Å². The SMILES string of the molecule is NCC1CCCC1C(=O)N1CCSc2ccccc21. The zero-order valence-corrected chi connectivity index (χ0v) is 11.9. The van der Waals surface area contributed by atoms with Gasteiger partial charge in [-0.15, -0.1) is 11.8 Å². The highest BCUT2D eigenvalue weighted by Crippen LogP contribution is 2.38. The van der Waals surface area contributed by atoms with Crippen molar-refractivity contribution >= 4 is 23.4 Å². The monoisotopic (exact) mass is 276 g/mol. The highest BCUT2D eigenvalue weighted by atomic mass is 32.2. The van der Waals surface area contributed by atoms with Crippen molar-refractivity contribution in [3.8, 4) is 0 Å². The van der Waals surface area contributed by atoms with Gasteiger partial charge in [0.1, 0.15) is 0 Å². The summed E-state index contributed by atoms with van der Waals surface area (Å²) in [6.45, 7) is 1.47. The first-order valence-corrected chi connectivity index (χ1v) is 8.03. The number of nitrogens with zero attached hydrogens (tertiary/aromatic N) is 1. The molecule has 3 nitrogen and oxygen atoms in total. The van der Waals surface area contributed by atoms with Crippen LogP contribution in [0.5, 0.6) is 0 Å². The summed E-state index contributed by atoms with van der Waals surface area (Å²) in [5.41, 5.74) is 6.90. The van der Waals surface area contributed by atoms with Crippen molar-refractivity contribution in [3.05, 3.63) is 24.3 Å². The minimum Gasteiger partial charge on any atom is -0.330 e. The predicted octanol–water partition coefficient (Wildman–Crippen LogP) is 2.50. The quantitative estimate of drug-likeness (QED) is 0.902. The summed E-state index contributed by atoms with van der Waals surface area (Å²) in [5.74, 6) is 1.80. The van der Waals surface area contributed by atoms with Gasteiger partial charge in [-0.1, -0.05) is 18.6 Å². The molecule has 0 aromatic heterocycles. The zero-order chi connectivity index (χ0) is 13.2. The van der Waals surface area contributed by atoms with Gasteiger partial charge in [-0.2, -0.15) is 0 Å². The van der Waals surface area contributed by atoms with Crippen LogP contribution in [0.3, 0.4) is 0 Å². The third kappa shape index (κ3) is 2.39. The largest absolute Gasteiger partial charge is 0.330 e. The minimum absolute atomic E-state index is 0.140. The van der Waals surface area contributed by atoms with Crippen molar-refractivity contribution < 1.29 is 4.79 Å². The molecule has 2 N–H and O–H groups in total. The molecule has 1 aliphatic heterocycles. The third-order valence-electron chi connectivity index (χ3n) is 4.27. The molecular formula is C15H20N2OS. The first-order valence-electron chi connectivity index (χ1n) is 7.04. The first kappa shape index (κ1) is 13.0. The minimum atomic E-state index is 0.140. The number of nitrogens with two attached hydrogens (primary N) is 1. The predicted molar refractivity (Wildman–Crippen MR) is 79.4 cm³/mol. The number of amides is 1. The molecule has 102 valence electrons. The van der Waals surface area contributed by atoms with Crippen LogP contribution in [0.15, 0.2) is 29.2 Å². The van der Waals surface area contributed by atoms with Gasteiger partial charge in [-0.25, -0.2) is 0 Å². The number of fused-ring (bicyclic) bond motifs is 1. The van der Waals surface area contributed by atoms with Crippen molar-refractivity contribution in [1.82, 2.24) is 0 Å². The van der Waals surface area contributed by atoms with Crippen molar-refractivity contribution in [3.63, 3.8) is 0 Å². The molecule has 2 atom stereocenters. The summed E-state index contributed by atoms with van der Waals surface area (Å²) >= 11 is 1.84. The van der Waals surface area contributed by atoms with Crippen LogP contribution in [0.1, 0.15) is 19.3 Å². The number of para-hydroxylation sites is 1. The molecule has 0 spiro atoms. The summed E-state index contributed by atoms with van der Waals surface area (Å²) < 4.78 is 0. The lowest BCUT2D eigenvalue weighted by Gasteiger charge is -2.32. The standard InChI is InChI=1S/C15H20N2OS/c16-10-11-4-3-5-12(11)15(18)17-8-9-19-14-7-2-1-6-13(14)17/h1-2,6-7,11-12H,3-5,8-10,16H2. The maximum atomic E-state index is 12.8. The Hall–Kier alpha value is -1.00. The van der Waals surface area contributed by atoms with Gasteiger partial charge in [0.2, 0.25) is 5.91 Å². The van der Waals surface area contributed by atoms with Crippen molar-refractivity contribution in [2.45, 2.75) is 24.2 Å². The number of benzene rings is 1. The molecule has 2 aliphatic rings. The first-order chi connectivity index (χ1) is 9.31. The van der Waals surface area contributed by atoms with Crippen LogP contribution in [0.4, 0.5) is 5.69 Å². The summed E-state index contributed by atoms with van der Waals surface area (Å²) in [6.07, 6.45) is 3.26. The van der Waals surface area contributed by atoms with E-state index in [-0.39, 0.29) is 5.92 Å². The Morgan fingerprint density at radius 3 is 3.05 bits per heavy atom. The van der Waals surface area contributed by atoms with E-state index in [0.29, 0.717) is 18.4 Å². The molecule has 1 aliphatic carbocycles. The second-order valence-electron chi connectivity index (χ2n) is 5.34. The van der Waals surface area contributed by atoms with Crippen LogP contribution in [-0.2, 0) is 4.79 Å². The van der Waals surface area contributed by atoms with E-state index in [2.05, 4.69) is 12.1 Å². The third-order valence-corrected chi connectivity index (χ3v) is 5.32. The van der Waals surface area contributed by atoms with Crippen molar-refractivity contribution in [2.24, 2.45) is 17.6 Å². The van der Waals surface area contributed by atoms with E-state index in [9.17, 15) is 4.79 Å². The van der Waals surface area contributed by atoms with Gasteiger partial charge < -0.3 is 10.6 Å². The van der Waals surface area contributed by atoms with Crippen LogP contribution in [0, 0.1) is 11.8 Å². The highest BCUT2D eigenvalue weighted by Gasteiger charge is 2.36. The van der Waals surface area contributed by atoms with Crippen LogP contribution in [0.25, 0.3) is 0 Å². The molecule has 1 heterocycles. The van der Waals surface area contributed by atoms with E-state index in [0.717, 1.165) is 37.2 Å². The Kier molecular flexibility index (Phi) is 3.80. The second kappa shape index (κ2) is 5.55. The van der Waals surface area contributed by atoms with Gasteiger partial charge in [-0.3, -0.25) is 4.79 Å². The number of carbonyl (C=O) groups is 1. The Morgan fingerprint density at radius 2 is 2.21 bits per heavy atom. The second-order valence-corrected chi connectivity index (χ2v) is 6.48. The lowest BCUT2D eigenvalue weighted by molar-refractivity contribution is -0.123. The molecule has 19 heavy (non-hydrogen) atoms. The highest BCUT2D eigenvalue weighted by molar-refractivity contribution is 7.99. The van der Waals surface area contributed by atoms with Gasteiger partial charge in [0.25, 0.3) is 0 Å². The molecule has 4 heteroatoms. The molecule has 1 amide bonds. The van der Waals surface area contributed by atoms with E-state index in [1.165, 1.54) is 4.90 Å². The van der Waals surface area contributed by atoms with E-state index >= 15 is 0 Å². The Morgan fingerprint density at radius 1 is 1.37 bits per heavy atom. The summed E-state index contributed by atoms with van der Waals surface area (Å²) in [4.78, 5) is 16.0. The fraction of sp³-hybridized carbons (Fsp3) is 0.533. The number of hydrogen-bond donors (Lipinski definition) is 1. The smallest absolute Gasteiger partial charge is 0.230 e. The van der Waals surface area contributed by atoms with Gasteiger partial charge in [0, 0.05) is 23.1 Å². The lowest BCUT2D eigenvalue weighted by Crippen LogP contribution is -2.41. The van der Waals surface area contributed by atoms with E-state index in [1.807, 2.05) is 28.8 Å². The van der Waals surface area contributed by atoms with E-state index in [4.69, 9.17) is 5.73 Å². The average Bonchev–Trinajstić information content (AvgIpc) is 2.94. The Balaban J connectivity index is 1.85. The summed E-state index contributed by atoms with van der Waals surface area (Å²) in [5, 5.41) is 0. The number of carbonyl (C=O) groups excluding carboxylic acids is 1. The van der Waals surface area contributed by atoms with Crippen LogP contribution in [-0.4, -0.2) is 24.7 Å². The molecule has 1 aromatic carbocycles. The topological polar surface area (TPSA) is 46.3 Å². The molecule has 1 fully saturated rings. The van der Waals surface area contributed by atoms with Crippen LogP contribution >= 0.6 is 11.8 Å². The molecule has 2 unspecified atom stereocenters. The summed E-state index contributed by atoms with van der Waals surface area (Å²) in [6, 6.07) is 8.22. The molecule has 1 saturated carbocycles. The molecular weight excluding hydrogens is 256 g/mol. The van der Waals surface area contributed by atoms with E-state index < -0.39 is 0 Å². The fourth-order valence-corrected chi connectivity index (χ4v) is 4.24. The Bertz CT molecular complexity index is 477. The average molecular weight is 276 g/mol. The van der Waals surface area contributed by atoms with Crippen LogP contribution < -0.4 is 10.6 Å². The lowest BCUT2D eigenvalue weighted by atomic mass is 9.94. The molecule has 3 rings (SSSR count). The maximum Gasteiger partial charge on any atom is 0.230 e. The van der Waals surface area contributed by atoms with Gasteiger partial charge >= 0.3 is 0 Å². The molecule has 0 bridgehead atoms.